The van der Waals surface area contributed by atoms with Crippen molar-refractivity contribution >= 4 is 5.91 Å². The molecular formula is C20H29NO4. The summed E-state index contributed by atoms with van der Waals surface area (Å²) in [5.74, 6) is 0.988. The highest BCUT2D eigenvalue weighted by atomic mass is 16.5. The molecule has 1 amide bonds. The zero-order valence-corrected chi connectivity index (χ0v) is 15.3. The van der Waals surface area contributed by atoms with E-state index in [4.69, 9.17) is 9.47 Å². The maximum atomic E-state index is 12.6. The fourth-order valence-corrected chi connectivity index (χ4v) is 3.96. The van der Waals surface area contributed by atoms with Gasteiger partial charge in [-0.2, -0.15) is 0 Å². The van der Waals surface area contributed by atoms with Crippen LogP contribution in [0.5, 0.6) is 5.75 Å². The summed E-state index contributed by atoms with van der Waals surface area (Å²) >= 11 is 0. The van der Waals surface area contributed by atoms with Crippen molar-refractivity contribution in [1.82, 2.24) is 4.90 Å². The lowest BCUT2D eigenvalue weighted by atomic mass is 9.78. The summed E-state index contributed by atoms with van der Waals surface area (Å²) in [7, 11) is 0. The number of carbonyl (C=O) groups is 1. The smallest absolute Gasteiger partial charge is 0.226 e. The Balaban J connectivity index is 1.53. The predicted molar refractivity (Wildman–Crippen MR) is 95.7 cm³/mol. The maximum absolute atomic E-state index is 12.6. The van der Waals surface area contributed by atoms with Crippen LogP contribution in [-0.4, -0.2) is 53.4 Å². The van der Waals surface area contributed by atoms with Crippen molar-refractivity contribution in [3.63, 3.8) is 0 Å². The van der Waals surface area contributed by atoms with Crippen molar-refractivity contribution < 1.29 is 19.4 Å². The van der Waals surface area contributed by atoms with Crippen molar-refractivity contribution in [3.8, 4) is 5.75 Å². The molecule has 1 unspecified atom stereocenters. The second-order valence-corrected chi connectivity index (χ2v) is 7.59. The molecule has 138 valence electrons. The molecule has 1 N–H and O–H groups in total. The quantitative estimate of drug-likeness (QED) is 0.909. The highest BCUT2D eigenvalue weighted by molar-refractivity contribution is 5.79. The van der Waals surface area contributed by atoms with Gasteiger partial charge in [0.25, 0.3) is 0 Å². The second-order valence-electron chi connectivity index (χ2n) is 7.59. The van der Waals surface area contributed by atoms with Crippen LogP contribution in [-0.2, 0) is 16.0 Å². The largest absolute Gasteiger partial charge is 0.494 e. The Labute approximate surface area is 149 Å². The van der Waals surface area contributed by atoms with E-state index in [9.17, 15) is 9.90 Å². The molecule has 1 aromatic carbocycles. The van der Waals surface area contributed by atoms with Crippen LogP contribution >= 0.6 is 0 Å². The van der Waals surface area contributed by atoms with Gasteiger partial charge in [-0.1, -0.05) is 12.1 Å². The number of hydrogen-bond acceptors (Lipinski definition) is 4. The highest BCUT2D eigenvalue weighted by Crippen LogP contribution is 2.39. The molecular weight excluding hydrogens is 318 g/mol. The van der Waals surface area contributed by atoms with Gasteiger partial charge in [-0.3, -0.25) is 4.79 Å². The van der Waals surface area contributed by atoms with Crippen LogP contribution < -0.4 is 4.74 Å². The number of piperidine rings is 1. The molecule has 1 spiro atoms. The molecule has 5 nitrogen and oxygen atoms in total. The van der Waals surface area contributed by atoms with Crippen LogP contribution in [0.3, 0.4) is 0 Å². The Kier molecular flexibility index (Phi) is 5.35. The van der Waals surface area contributed by atoms with Gasteiger partial charge in [0.2, 0.25) is 5.91 Å². The molecule has 2 aliphatic heterocycles. The third kappa shape index (κ3) is 4.53. The standard InChI is InChI=1S/C20H29NO4/c1-3-24-17-6-4-16(5-7-17)14-18(22)21-11-8-20(9-12-21)15-19(2,23)10-13-25-20/h4-7,23H,3,8-15H2,1-2H3. The van der Waals surface area contributed by atoms with E-state index in [-0.39, 0.29) is 11.5 Å². The fraction of sp³-hybridized carbons (Fsp3) is 0.650. The minimum Gasteiger partial charge on any atom is -0.494 e. The normalized spacial score (nSPS) is 25.8. The van der Waals surface area contributed by atoms with E-state index in [0.717, 1.165) is 24.2 Å². The minimum absolute atomic E-state index is 0.154. The third-order valence-electron chi connectivity index (χ3n) is 5.37. The first-order valence-electron chi connectivity index (χ1n) is 9.27. The molecule has 2 fully saturated rings. The average Bonchev–Trinajstić information content (AvgIpc) is 2.56. The zero-order chi connectivity index (χ0) is 17.9. The van der Waals surface area contributed by atoms with Crippen LogP contribution in [0.15, 0.2) is 24.3 Å². The van der Waals surface area contributed by atoms with Crippen LogP contribution in [0.25, 0.3) is 0 Å². The Hall–Kier alpha value is -1.59. The Morgan fingerprint density at radius 1 is 1.24 bits per heavy atom. The van der Waals surface area contributed by atoms with Gasteiger partial charge in [0.1, 0.15) is 5.75 Å². The summed E-state index contributed by atoms with van der Waals surface area (Å²) in [4.78, 5) is 14.5. The molecule has 1 aromatic rings. The summed E-state index contributed by atoms with van der Waals surface area (Å²) < 4.78 is 11.4. The highest BCUT2D eigenvalue weighted by Gasteiger charge is 2.44. The Morgan fingerprint density at radius 3 is 2.52 bits per heavy atom. The summed E-state index contributed by atoms with van der Waals surface area (Å²) in [6.07, 6.45) is 3.38. The fourth-order valence-electron chi connectivity index (χ4n) is 3.96. The molecule has 25 heavy (non-hydrogen) atoms. The number of likely N-dealkylation sites (tertiary alicyclic amines) is 1. The SMILES string of the molecule is CCOc1ccc(CC(=O)N2CCC3(CC2)CC(C)(O)CCO3)cc1. The molecule has 2 heterocycles. The van der Waals surface area contributed by atoms with Crippen LogP contribution in [0.2, 0.25) is 0 Å². The molecule has 0 aliphatic carbocycles. The van der Waals surface area contributed by atoms with E-state index in [2.05, 4.69) is 0 Å². The van der Waals surface area contributed by atoms with Gasteiger partial charge in [0, 0.05) is 19.5 Å². The number of benzene rings is 1. The molecule has 0 aromatic heterocycles. The van der Waals surface area contributed by atoms with E-state index in [0.29, 0.717) is 45.6 Å². The molecule has 2 aliphatic rings. The van der Waals surface area contributed by atoms with E-state index < -0.39 is 5.60 Å². The first-order valence-corrected chi connectivity index (χ1v) is 9.27. The molecule has 2 saturated heterocycles. The van der Waals surface area contributed by atoms with Gasteiger partial charge in [0.05, 0.1) is 30.8 Å². The summed E-state index contributed by atoms with van der Waals surface area (Å²) in [6.45, 7) is 6.49. The van der Waals surface area contributed by atoms with Gasteiger partial charge in [0.15, 0.2) is 0 Å². The third-order valence-corrected chi connectivity index (χ3v) is 5.37. The molecule has 5 heteroatoms. The lowest BCUT2D eigenvalue weighted by molar-refractivity contribution is -0.175. The average molecular weight is 347 g/mol. The van der Waals surface area contributed by atoms with Gasteiger partial charge in [-0.05, 0) is 50.8 Å². The van der Waals surface area contributed by atoms with Gasteiger partial charge < -0.3 is 19.5 Å². The predicted octanol–water partition coefficient (Wildman–Crippen LogP) is 2.55. The van der Waals surface area contributed by atoms with Gasteiger partial charge >= 0.3 is 0 Å². The maximum Gasteiger partial charge on any atom is 0.226 e. The van der Waals surface area contributed by atoms with Crippen LogP contribution in [0.4, 0.5) is 0 Å². The van der Waals surface area contributed by atoms with Gasteiger partial charge in [-0.15, -0.1) is 0 Å². The molecule has 3 rings (SSSR count). The molecule has 1 atom stereocenters. The number of rotatable bonds is 4. The molecule has 0 bridgehead atoms. The molecule has 0 saturated carbocycles. The number of nitrogens with zero attached hydrogens (tertiary/aromatic N) is 1. The second kappa shape index (κ2) is 7.34. The minimum atomic E-state index is -0.646. The number of carbonyl (C=O) groups excluding carboxylic acids is 1. The van der Waals surface area contributed by atoms with Crippen molar-refractivity contribution in [2.45, 2.75) is 57.2 Å². The van der Waals surface area contributed by atoms with E-state index in [1.807, 2.05) is 43.0 Å². The van der Waals surface area contributed by atoms with Gasteiger partial charge in [-0.25, -0.2) is 0 Å². The van der Waals surface area contributed by atoms with E-state index >= 15 is 0 Å². The monoisotopic (exact) mass is 347 g/mol. The zero-order valence-electron chi connectivity index (χ0n) is 15.3. The van der Waals surface area contributed by atoms with Crippen molar-refractivity contribution in [3.05, 3.63) is 29.8 Å². The van der Waals surface area contributed by atoms with Crippen molar-refractivity contribution in [2.24, 2.45) is 0 Å². The van der Waals surface area contributed by atoms with Crippen LogP contribution in [0, 0.1) is 0 Å². The number of aliphatic hydroxyl groups is 1. The lowest BCUT2D eigenvalue weighted by Gasteiger charge is -2.48. The topological polar surface area (TPSA) is 59.0 Å². The number of amides is 1. The molecule has 0 radical (unpaired) electrons. The number of ether oxygens (including phenoxy) is 2. The first-order chi connectivity index (χ1) is 11.9. The van der Waals surface area contributed by atoms with E-state index in [1.54, 1.807) is 0 Å². The number of hydrogen-bond donors (Lipinski definition) is 1. The van der Waals surface area contributed by atoms with Crippen molar-refractivity contribution in [1.29, 1.82) is 0 Å². The summed E-state index contributed by atoms with van der Waals surface area (Å²) in [5, 5.41) is 10.4. The van der Waals surface area contributed by atoms with Crippen molar-refractivity contribution in [2.75, 3.05) is 26.3 Å². The lowest BCUT2D eigenvalue weighted by Crippen LogP contribution is -2.54. The Bertz CT molecular complexity index is 588. The summed E-state index contributed by atoms with van der Waals surface area (Å²) in [5.41, 5.74) is 0.107. The summed E-state index contributed by atoms with van der Waals surface area (Å²) in [6, 6.07) is 7.73. The van der Waals surface area contributed by atoms with E-state index in [1.165, 1.54) is 0 Å². The first kappa shape index (κ1) is 18.2. The Morgan fingerprint density at radius 2 is 1.92 bits per heavy atom. The van der Waals surface area contributed by atoms with Crippen LogP contribution in [0.1, 0.15) is 45.1 Å².